The normalized spacial score (nSPS) is 16.1. The lowest BCUT2D eigenvalue weighted by Crippen LogP contribution is -2.43. The Labute approximate surface area is 101 Å². The van der Waals surface area contributed by atoms with Crippen LogP contribution in [0.15, 0.2) is 18.3 Å². The van der Waals surface area contributed by atoms with Gasteiger partial charge in [-0.05, 0) is 12.1 Å². The number of carbonyl (C=O) groups is 3. The molecule has 0 aromatic carbocycles. The Morgan fingerprint density at radius 3 is 2.41 bits per heavy atom. The van der Waals surface area contributed by atoms with Gasteiger partial charge in [0.1, 0.15) is 5.82 Å². The van der Waals surface area contributed by atoms with Gasteiger partial charge in [0.15, 0.2) is 0 Å². The van der Waals surface area contributed by atoms with E-state index in [2.05, 4.69) is 4.98 Å². The van der Waals surface area contributed by atoms with E-state index in [1.807, 2.05) is 0 Å². The van der Waals surface area contributed by atoms with Gasteiger partial charge >= 0.3 is 5.97 Å². The number of thioether (sulfide) groups is 1. The predicted molar refractivity (Wildman–Crippen MR) is 61.0 cm³/mol. The van der Waals surface area contributed by atoms with Crippen LogP contribution < -0.4 is 4.90 Å². The van der Waals surface area contributed by atoms with Crippen molar-refractivity contribution >= 4 is 35.4 Å². The second-order valence-corrected chi connectivity index (χ2v) is 4.31. The van der Waals surface area contributed by atoms with Gasteiger partial charge in [-0.1, -0.05) is 0 Å². The van der Waals surface area contributed by atoms with Crippen LogP contribution in [0.2, 0.25) is 0 Å². The highest BCUT2D eigenvalue weighted by Gasteiger charge is 2.28. The molecule has 0 radical (unpaired) electrons. The number of hydrogen-bond donors (Lipinski definition) is 1. The first-order chi connectivity index (χ1) is 8.09. The fourth-order valence-corrected chi connectivity index (χ4v) is 2.10. The first kappa shape index (κ1) is 11.6. The number of carbonyl (C=O) groups excluding carboxylic acids is 2. The summed E-state index contributed by atoms with van der Waals surface area (Å²) < 4.78 is 0. The van der Waals surface area contributed by atoms with Crippen molar-refractivity contribution in [2.75, 3.05) is 16.4 Å². The van der Waals surface area contributed by atoms with Gasteiger partial charge in [-0.3, -0.25) is 9.59 Å². The molecule has 7 heteroatoms. The number of aromatic nitrogens is 1. The summed E-state index contributed by atoms with van der Waals surface area (Å²) in [6.45, 7) is 0. The predicted octanol–water partition coefficient (Wildman–Crippen LogP) is 0.386. The molecule has 0 atom stereocenters. The summed E-state index contributed by atoms with van der Waals surface area (Å²) in [5.41, 5.74) is 0.0139. The van der Waals surface area contributed by atoms with Gasteiger partial charge in [0, 0.05) is 6.20 Å². The number of hydrogen-bond acceptors (Lipinski definition) is 5. The van der Waals surface area contributed by atoms with Crippen molar-refractivity contribution in [1.29, 1.82) is 0 Å². The molecule has 88 valence electrons. The number of amides is 2. The number of aromatic carboxylic acids is 1. The Bertz CT molecular complexity index is 470. The number of carboxylic acid groups (broad SMARTS) is 1. The molecular weight excluding hydrogens is 244 g/mol. The average Bonchev–Trinajstić information content (AvgIpc) is 2.29. The Morgan fingerprint density at radius 2 is 1.94 bits per heavy atom. The number of imide groups is 1. The highest BCUT2D eigenvalue weighted by Crippen LogP contribution is 2.19. The molecular formula is C10H8N2O4S. The SMILES string of the molecule is O=C(O)c1ccc(N2C(=O)CSCC2=O)nc1. The van der Waals surface area contributed by atoms with Crippen LogP contribution in [0.5, 0.6) is 0 Å². The van der Waals surface area contributed by atoms with Crippen molar-refractivity contribution in [3.63, 3.8) is 0 Å². The molecule has 1 saturated heterocycles. The molecule has 17 heavy (non-hydrogen) atoms. The topological polar surface area (TPSA) is 87.6 Å². The zero-order chi connectivity index (χ0) is 12.4. The first-order valence-electron chi connectivity index (χ1n) is 4.72. The van der Waals surface area contributed by atoms with Crippen LogP contribution in [0.4, 0.5) is 5.82 Å². The van der Waals surface area contributed by atoms with E-state index in [9.17, 15) is 14.4 Å². The van der Waals surface area contributed by atoms with Crippen molar-refractivity contribution < 1.29 is 19.5 Å². The lowest BCUT2D eigenvalue weighted by Gasteiger charge is -2.23. The van der Waals surface area contributed by atoms with Gasteiger partial charge in [-0.2, -0.15) is 0 Å². The molecule has 0 spiro atoms. The minimum atomic E-state index is -1.10. The number of carboxylic acids is 1. The third-order valence-electron chi connectivity index (χ3n) is 2.17. The van der Waals surface area contributed by atoms with E-state index < -0.39 is 5.97 Å². The number of nitrogens with zero attached hydrogens (tertiary/aromatic N) is 2. The van der Waals surface area contributed by atoms with E-state index in [0.29, 0.717) is 0 Å². The molecule has 1 N–H and O–H groups in total. The molecule has 2 heterocycles. The first-order valence-corrected chi connectivity index (χ1v) is 5.88. The van der Waals surface area contributed by atoms with Crippen LogP contribution in [0.3, 0.4) is 0 Å². The van der Waals surface area contributed by atoms with Crippen LogP contribution in [-0.2, 0) is 9.59 Å². The lowest BCUT2D eigenvalue weighted by atomic mass is 10.3. The zero-order valence-electron chi connectivity index (χ0n) is 8.62. The zero-order valence-corrected chi connectivity index (χ0v) is 9.44. The van der Waals surface area contributed by atoms with Gasteiger partial charge in [0.05, 0.1) is 17.1 Å². The monoisotopic (exact) mass is 252 g/mol. The van der Waals surface area contributed by atoms with E-state index >= 15 is 0 Å². The summed E-state index contributed by atoms with van der Waals surface area (Å²) in [5, 5.41) is 8.70. The van der Waals surface area contributed by atoms with Crippen LogP contribution in [0.1, 0.15) is 10.4 Å². The van der Waals surface area contributed by atoms with Crippen LogP contribution in [0, 0.1) is 0 Å². The van der Waals surface area contributed by atoms with Gasteiger partial charge in [0.2, 0.25) is 11.8 Å². The van der Waals surface area contributed by atoms with E-state index in [4.69, 9.17) is 5.11 Å². The average molecular weight is 252 g/mol. The van der Waals surface area contributed by atoms with E-state index in [-0.39, 0.29) is 34.7 Å². The molecule has 2 rings (SSSR count). The lowest BCUT2D eigenvalue weighted by molar-refractivity contribution is -0.124. The van der Waals surface area contributed by atoms with Gasteiger partial charge < -0.3 is 5.11 Å². The number of anilines is 1. The minimum Gasteiger partial charge on any atom is -0.478 e. The van der Waals surface area contributed by atoms with E-state index in [1.165, 1.54) is 23.9 Å². The highest BCUT2D eigenvalue weighted by atomic mass is 32.2. The van der Waals surface area contributed by atoms with Crippen molar-refractivity contribution in [3.8, 4) is 0 Å². The standard InChI is InChI=1S/C10H8N2O4S/c13-8-4-17-5-9(14)12(8)7-2-1-6(3-11-7)10(15)16/h1-3H,4-5H2,(H,15,16). The number of pyridine rings is 1. The summed E-state index contributed by atoms with van der Waals surface area (Å²) >= 11 is 1.25. The van der Waals surface area contributed by atoms with Gasteiger partial charge in [-0.25, -0.2) is 14.7 Å². The molecule has 6 nitrogen and oxygen atoms in total. The summed E-state index contributed by atoms with van der Waals surface area (Å²) in [6.07, 6.45) is 1.12. The van der Waals surface area contributed by atoms with Crippen molar-refractivity contribution in [1.82, 2.24) is 4.98 Å². The number of rotatable bonds is 2. The largest absolute Gasteiger partial charge is 0.478 e. The Kier molecular flexibility index (Phi) is 3.10. The second kappa shape index (κ2) is 4.54. The van der Waals surface area contributed by atoms with Gasteiger partial charge in [-0.15, -0.1) is 11.8 Å². The molecule has 0 aliphatic carbocycles. The van der Waals surface area contributed by atoms with Crippen molar-refractivity contribution in [2.45, 2.75) is 0 Å². The molecule has 2 amide bonds. The Balaban J connectivity index is 2.29. The molecule has 1 aromatic heterocycles. The molecule has 1 aromatic rings. The summed E-state index contributed by atoms with van der Waals surface area (Å²) in [4.78, 5) is 38.5. The molecule has 1 aliphatic heterocycles. The van der Waals surface area contributed by atoms with Crippen LogP contribution in [-0.4, -0.2) is 39.4 Å². The van der Waals surface area contributed by atoms with Gasteiger partial charge in [0.25, 0.3) is 0 Å². The molecule has 0 saturated carbocycles. The smallest absolute Gasteiger partial charge is 0.337 e. The van der Waals surface area contributed by atoms with Crippen LogP contribution in [0.25, 0.3) is 0 Å². The maximum Gasteiger partial charge on any atom is 0.337 e. The summed E-state index contributed by atoms with van der Waals surface area (Å²) in [6, 6.07) is 2.67. The van der Waals surface area contributed by atoms with E-state index in [0.717, 1.165) is 11.1 Å². The Hall–Kier alpha value is -1.89. The van der Waals surface area contributed by atoms with Crippen molar-refractivity contribution in [3.05, 3.63) is 23.9 Å². The maximum absolute atomic E-state index is 11.6. The third kappa shape index (κ3) is 2.28. The molecule has 0 unspecified atom stereocenters. The third-order valence-corrected chi connectivity index (χ3v) is 3.08. The highest BCUT2D eigenvalue weighted by molar-refractivity contribution is 8.00. The summed E-state index contributed by atoms with van der Waals surface area (Å²) in [7, 11) is 0. The molecule has 0 bridgehead atoms. The van der Waals surface area contributed by atoms with Crippen LogP contribution >= 0.6 is 11.8 Å². The van der Waals surface area contributed by atoms with Crippen molar-refractivity contribution in [2.24, 2.45) is 0 Å². The van der Waals surface area contributed by atoms with E-state index in [1.54, 1.807) is 0 Å². The fourth-order valence-electron chi connectivity index (χ4n) is 1.39. The minimum absolute atomic E-state index is 0.0139. The quantitative estimate of drug-likeness (QED) is 0.766. The second-order valence-electron chi connectivity index (χ2n) is 3.33. The Morgan fingerprint density at radius 1 is 1.29 bits per heavy atom. The molecule has 1 fully saturated rings. The maximum atomic E-state index is 11.6. The summed E-state index contributed by atoms with van der Waals surface area (Å²) in [5.74, 6) is -1.13. The fraction of sp³-hybridized carbons (Fsp3) is 0.200. The molecule has 1 aliphatic rings.